The van der Waals surface area contributed by atoms with Crippen molar-refractivity contribution < 1.29 is 9.18 Å². The third kappa shape index (κ3) is 3.37. The molecule has 7 heteroatoms. The van der Waals surface area contributed by atoms with Gasteiger partial charge in [0, 0.05) is 25.0 Å². The molecule has 0 saturated heterocycles. The second-order valence-electron chi connectivity index (χ2n) is 5.86. The molecule has 0 unspecified atom stereocenters. The van der Waals surface area contributed by atoms with Crippen molar-refractivity contribution in [2.24, 2.45) is 7.05 Å². The van der Waals surface area contributed by atoms with Crippen LogP contribution in [0.5, 0.6) is 0 Å². The van der Waals surface area contributed by atoms with Crippen LogP contribution in [0.2, 0.25) is 0 Å². The lowest BCUT2D eigenvalue weighted by Crippen LogP contribution is -2.13. The Kier molecular flexibility index (Phi) is 4.52. The maximum absolute atomic E-state index is 13.9. The molecule has 4 aromatic rings. The van der Waals surface area contributed by atoms with Crippen LogP contribution >= 0.6 is 11.3 Å². The summed E-state index contributed by atoms with van der Waals surface area (Å²) in [5.74, 6) is -0.357. The van der Waals surface area contributed by atoms with Gasteiger partial charge in [-0.25, -0.2) is 14.4 Å². The number of halogens is 1. The van der Waals surface area contributed by atoms with E-state index < -0.39 is 11.7 Å². The minimum atomic E-state index is -0.570. The quantitative estimate of drug-likeness (QED) is 0.564. The first kappa shape index (κ1) is 17.1. The Morgan fingerprint density at radius 3 is 2.56 bits per heavy atom. The van der Waals surface area contributed by atoms with Gasteiger partial charge in [-0.1, -0.05) is 53.8 Å². The van der Waals surface area contributed by atoms with Gasteiger partial charge < -0.3 is 4.57 Å². The third-order valence-electron chi connectivity index (χ3n) is 4.04. The Morgan fingerprint density at radius 2 is 1.85 bits per heavy atom. The second kappa shape index (κ2) is 7.13. The molecule has 4 rings (SSSR count). The summed E-state index contributed by atoms with van der Waals surface area (Å²) in [5.41, 5.74) is 1.62. The number of aromatic nitrogens is 3. The molecule has 1 N–H and O–H groups in total. The van der Waals surface area contributed by atoms with E-state index in [1.165, 1.54) is 23.5 Å². The summed E-state index contributed by atoms with van der Waals surface area (Å²) in [4.78, 5) is 22.3. The Bertz CT molecular complexity index is 1100. The van der Waals surface area contributed by atoms with Crippen molar-refractivity contribution in [3.05, 3.63) is 78.4 Å². The highest BCUT2D eigenvalue weighted by atomic mass is 32.1. The number of nitrogens with zero attached hydrogens (tertiary/aromatic N) is 3. The van der Waals surface area contributed by atoms with Gasteiger partial charge in [-0.3, -0.25) is 10.1 Å². The van der Waals surface area contributed by atoms with Crippen molar-refractivity contribution in [2.45, 2.75) is 0 Å². The van der Waals surface area contributed by atoms with Crippen LogP contribution in [0.25, 0.3) is 22.0 Å². The minimum absolute atomic E-state index is 0.0208. The molecule has 1 amide bonds. The van der Waals surface area contributed by atoms with Gasteiger partial charge in [0.2, 0.25) is 0 Å². The predicted octanol–water partition coefficient (Wildman–Crippen LogP) is 4.60. The lowest BCUT2D eigenvalue weighted by molar-refractivity contribution is 0.102. The zero-order valence-electron chi connectivity index (χ0n) is 14.4. The molecule has 0 aliphatic carbocycles. The number of nitrogens with one attached hydrogen (secondary N) is 1. The molecule has 0 aliphatic rings. The van der Waals surface area contributed by atoms with Crippen LogP contribution in [0.3, 0.4) is 0 Å². The monoisotopic (exact) mass is 378 g/mol. The first-order valence-electron chi connectivity index (χ1n) is 8.23. The van der Waals surface area contributed by atoms with Crippen molar-refractivity contribution in [2.75, 3.05) is 5.32 Å². The minimum Gasteiger partial charge on any atom is -0.333 e. The highest BCUT2D eigenvalue weighted by Gasteiger charge is 2.20. The van der Waals surface area contributed by atoms with Gasteiger partial charge in [0.15, 0.2) is 11.0 Å². The first-order chi connectivity index (χ1) is 13.1. The maximum Gasteiger partial charge on any atom is 0.260 e. The van der Waals surface area contributed by atoms with E-state index in [-0.39, 0.29) is 5.56 Å². The van der Waals surface area contributed by atoms with Crippen LogP contribution in [0.15, 0.2) is 67.0 Å². The Morgan fingerprint density at radius 1 is 1.11 bits per heavy atom. The molecule has 134 valence electrons. The van der Waals surface area contributed by atoms with Gasteiger partial charge in [0.1, 0.15) is 5.82 Å². The summed E-state index contributed by atoms with van der Waals surface area (Å²) in [5, 5.41) is 3.09. The van der Waals surface area contributed by atoms with Crippen molar-refractivity contribution in [1.82, 2.24) is 14.5 Å². The molecule has 0 aliphatic heterocycles. The fourth-order valence-electron chi connectivity index (χ4n) is 2.71. The molecule has 0 fully saturated rings. The summed E-state index contributed by atoms with van der Waals surface area (Å²) < 4.78 is 15.8. The SMILES string of the molecule is Cn1ccnc1-c1sc(NC(=O)c2ccccc2F)nc1-c1ccccc1. The largest absolute Gasteiger partial charge is 0.333 e. The summed E-state index contributed by atoms with van der Waals surface area (Å²) in [6.45, 7) is 0. The lowest BCUT2D eigenvalue weighted by atomic mass is 10.1. The number of aryl methyl sites for hydroxylation is 1. The summed E-state index contributed by atoms with van der Waals surface area (Å²) in [6, 6.07) is 15.5. The molecule has 2 aromatic carbocycles. The van der Waals surface area contributed by atoms with Crippen LogP contribution in [0.4, 0.5) is 9.52 Å². The van der Waals surface area contributed by atoms with Gasteiger partial charge in [0.25, 0.3) is 5.91 Å². The second-order valence-corrected chi connectivity index (χ2v) is 6.86. The summed E-state index contributed by atoms with van der Waals surface area (Å²) >= 11 is 1.31. The van der Waals surface area contributed by atoms with Crippen LogP contribution in [0, 0.1) is 5.82 Å². The number of carbonyl (C=O) groups excluding carboxylic acids is 1. The summed E-state index contributed by atoms with van der Waals surface area (Å²) in [7, 11) is 1.90. The van der Waals surface area contributed by atoms with E-state index in [1.807, 2.05) is 48.1 Å². The Labute approximate surface area is 159 Å². The zero-order chi connectivity index (χ0) is 18.8. The Hall–Kier alpha value is -3.32. The average Bonchev–Trinajstić information content (AvgIpc) is 3.28. The van der Waals surface area contributed by atoms with E-state index in [0.717, 1.165) is 22.0 Å². The number of hydrogen-bond acceptors (Lipinski definition) is 4. The molecule has 2 aromatic heterocycles. The summed E-state index contributed by atoms with van der Waals surface area (Å²) in [6.07, 6.45) is 3.56. The molecule has 0 spiro atoms. The van der Waals surface area contributed by atoms with E-state index in [9.17, 15) is 9.18 Å². The molecule has 0 saturated carbocycles. The van der Waals surface area contributed by atoms with Gasteiger partial charge in [-0.05, 0) is 12.1 Å². The topological polar surface area (TPSA) is 59.8 Å². The zero-order valence-corrected chi connectivity index (χ0v) is 15.2. The number of amides is 1. The number of thiazole rings is 1. The molecule has 0 radical (unpaired) electrons. The fraction of sp³-hybridized carbons (Fsp3) is 0.0500. The van der Waals surface area contributed by atoms with Gasteiger partial charge in [0.05, 0.1) is 16.1 Å². The van der Waals surface area contributed by atoms with E-state index in [0.29, 0.717) is 5.13 Å². The number of hydrogen-bond donors (Lipinski definition) is 1. The number of benzene rings is 2. The lowest BCUT2D eigenvalue weighted by Gasteiger charge is -2.02. The smallest absolute Gasteiger partial charge is 0.260 e. The molecule has 5 nitrogen and oxygen atoms in total. The predicted molar refractivity (Wildman–Crippen MR) is 104 cm³/mol. The van der Waals surface area contributed by atoms with Crippen molar-refractivity contribution in [3.8, 4) is 22.0 Å². The van der Waals surface area contributed by atoms with Crippen LogP contribution in [0.1, 0.15) is 10.4 Å². The maximum atomic E-state index is 13.9. The van der Waals surface area contributed by atoms with Crippen molar-refractivity contribution >= 4 is 22.4 Å². The van der Waals surface area contributed by atoms with Crippen molar-refractivity contribution in [1.29, 1.82) is 0 Å². The molecule has 27 heavy (non-hydrogen) atoms. The number of carbonyl (C=O) groups is 1. The van der Waals surface area contributed by atoms with Crippen LogP contribution in [-0.2, 0) is 7.05 Å². The van der Waals surface area contributed by atoms with E-state index in [2.05, 4.69) is 15.3 Å². The van der Waals surface area contributed by atoms with Gasteiger partial charge in [-0.15, -0.1) is 0 Å². The van der Waals surface area contributed by atoms with Crippen LogP contribution in [-0.4, -0.2) is 20.4 Å². The molecule has 0 bridgehead atoms. The number of anilines is 1. The highest BCUT2D eigenvalue weighted by Crippen LogP contribution is 2.38. The highest BCUT2D eigenvalue weighted by molar-refractivity contribution is 7.19. The first-order valence-corrected chi connectivity index (χ1v) is 9.05. The molecule has 0 atom stereocenters. The molecular formula is C20H15FN4OS. The van der Waals surface area contributed by atoms with Crippen LogP contribution < -0.4 is 5.32 Å². The van der Waals surface area contributed by atoms with Gasteiger partial charge in [-0.2, -0.15) is 0 Å². The van der Waals surface area contributed by atoms with Gasteiger partial charge >= 0.3 is 0 Å². The normalized spacial score (nSPS) is 10.7. The van der Waals surface area contributed by atoms with E-state index in [4.69, 9.17) is 0 Å². The Balaban J connectivity index is 1.75. The third-order valence-corrected chi connectivity index (χ3v) is 5.00. The van der Waals surface area contributed by atoms with E-state index in [1.54, 1.807) is 18.3 Å². The number of imidazole rings is 1. The van der Waals surface area contributed by atoms with Crippen molar-refractivity contribution in [3.63, 3.8) is 0 Å². The standard InChI is InChI=1S/C20H15FN4OS/c1-25-12-11-22-18(25)17-16(13-7-3-2-4-8-13)23-20(27-17)24-19(26)14-9-5-6-10-15(14)21/h2-12H,1H3,(H,23,24,26). The molecule has 2 heterocycles. The average molecular weight is 378 g/mol. The fourth-order valence-corrected chi connectivity index (χ4v) is 3.73. The number of rotatable bonds is 4. The molecular weight excluding hydrogens is 363 g/mol. The van der Waals surface area contributed by atoms with E-state index >= 15 is 0 Å².